The van der Waals surface area contributed by atoms with E-state index in [2.05, 4.69) is 0 Å². The summed E-state index contributed by atoms with van der Waals surface area (Å²) in [6.45, 7) is 0. The number of halogens is 9. The van der Waals surface area contributed by atoms with Crippen LogP contribution in [0.2, 0.25) is 0 Å². The maximum atomic E-state index is 12.1. The van der Waals surface area contributed by atoms with Gasteiger partial charge in [0.05, 0.1) is 0 Å². The van der Waals surface area contributed by atoms with Gasteiger partial charge < -0.3 is 5.11 Å². The van der Waals surface area contributed by atoms with E-state index in [-0.39, 0.29) is 0 Å². The van der Waals surface area contributed by atoms with Crippen molar-refractivity contribution in [2.75, 3.05) is 0 Å². The van der Waals surface area contributed by atoms with Gasteiger partial charge in [0.1, 0.15) is 0 Å². The van der Waals surface area contributed by atoms with E-state index in [1.54, 1.807) is 0 Å². The van der Waals surface area contributed by atoms with Crippen molar-refractivity contribution in [1.29, 1.82) is 0 Å². The van der Waals surface area contributed by atoms with Crippen LogP contribution in [0.15, 0.2) is 0 Å². The molecule has 0 amide bonds. The topological polar surface area (TPSA) is 37.3 Å². The molecule has 0 aliphatic carbocycles. The average molecular weight is 267 g/mol. The molecule has 0 aromatic rings. The summed E-state index contributed by atoms with van der Waals surface area (Å²) in [5, 5.41) is 7.48. The fourth-order valence-electron chi connectivity index (χ4n) is 0.509. The lowest BCUT2D eigenvalue weighted by atomic mass is 10.4. The Bertz CT molecular complexity index is 291. The molecule has 1 N–H and O–H groups in total. The summed E-state index contributed by atoms with van der Waals surface area (Å²) in [5.41, 5.74) is 0. The van der Waals surface area contributed by atoms with E-state index >= 15 is 0 Å². The number of carboxylic acids is 1. The van der Waals surface area contributed by atoms with Crippen LogP contribution in [0.5, 0.6) is 0 Å². The number of hydrogen-bond acceptors (Lipinski definition) is 1. The Hall–Kier alpha value is -1.16. The third kappa shape index (κ3) is 1.78. The van der Waals surface area contributed by atoms with E-state index < -0.39 is 29.9 Å². The van der Waals surface area contributed by atoms with E-state index in [4.69, 9.17) is 5.11 Å². The second-order valence-corrected chi connectivity index (χ2v) is 2.53. The van der Waals surface area contributed by atoms with E-state index in [9.17, 15) is 44.3 Å². The quantitative estimate of drug-likeness (QED) is 0.630. The molecule has 0 unspecified atom stereocenters. The lowest BCUT2D eigenvalue weighted by molar-refractivity contribution is -0.390. The molecule has 0 fully saturated rings. The lowest BCUT2D eigenvalue weighted by Gasteiger charge is -2.31. The fourth-order valence-corrected chi connectivity index (χ4v) is 0.509. The van der Waals surface area contributed by atoms with E-state index in [1.165, 1.54) is 0 Å². The molecule has 0 heterocycles. The first-order valence-electron chi connectivity index (χ1n) is 3.13. The Balaban J connectivity index is 5.62. The Morgan fingerprint density at radius 3 is 1.25 bits per heavy atom. The van der Waals surface area contributed by atoms with Crippen LogP contribution in [-0.4, -0.2) is 35.0 Å². The van der Waals surface area contributed by atoms with Gasteiger partial charge in [0.2, 0.25) is 0 Å². The molecule has 0 spiro atoms. The zero-order valence-corrected chi connectivity index (χ0v) is 6.76. The number of rotatable bonds is 3. The highest BCUT2D eigenvalue weighted by molar-refractivity contribution is 5.77. The normalized spacial score (nSPS) is 15.1. The average Bonchev–Trinajstić information content (AvgIpc) is 2.00. The molecule has 0 aliphatic heterocycles. The van der Waals surface area contributed by atoms with Crippen LogP contribution in [0.1, 0.15) is 0 Å². The molecule has 0 aliphatic rings. The van der Waals surface area contributed by atoms with Gasteiger partial charge in [-0.05, 0) is 0 Å². The minimum absolute atomic E-state index is 3.79. The number of carbonyl (C=O) groups is 1. The molecule has 0 saturated heterocycles. The molecule has 0 aromatic carbocycles. The molecule has 11 heteroatoms. The highest BCUT2D eigenvalue weighted by Crippen LogP contribution is 2.52. The third-order valence-corrected chi connectivity index (χ3v) is 1.41. The highest BCUT2D eigenvalue weighted by atomic mass is 19.5. The standard InChI is InChI=1S/C5HF9O2/c6-2(7,1(15)16)3(8,9)4(10,11)5(12,13)14/h(H,15,16)/i3+1,4+1,5+1. The molecule has 0 bridgehead atoms. The Labute approximate surface area is 80.6 Å². The predicted octanol–water partition coefficient (Wildman–Crippen LogP) is 2.54. The molecule has 0 saturated carbocycles. The van der Waals surface area contributed by atoms with E-state index in [1.807, 2.05) is 0 Å². The van der Waals surface area contributed by atoms with Crippen LogP contribution in [0.4, 0.5) is 39.5 Å². The van der Waals surface area contributed by atoms with Crippen molar-refractivity contribution in [2.45, 2.75) is 23.9 Å². The van der Waals surface area contributed by atoms with Crippen LogP contribution < -0.4 is 0 Å². The van der Waals surface area contributed by atoms with Crippen molar-refractivity contribution in [1.82, 2.24) is 0 Å². The first-order chi connectivity index (χ1) is 6.69. The van der Waals surface area contributed by atoms with E-state index in [0.717, 1.165) is 0 Å². The molecule has 16 heavy (non-hydrogen) atoms. The highest BCUT2D eigenvalue weighted by Gasteiger charge is 2.84. The molecule has 0 aromatic heterocycles. The third-order valence-electron chi connectivity index (χ3n) is 1.41. The van der Waals surface area contributed by atoms with Crippen molar-refractivity contribution in [2.24, 2.45) is 0 Å². The maximum Gasteiger partial charge on any atom is 0.460 e. The molecule has 0 rings (SSSR count). The minimum atomic E-state index is -7.16. The zero-order valence-electron chi connectivity index (χ0n) is 6.76. The summed E-state index contributed by atoms with van der Waals surface area (Å²) < 4.78 is 106. The van der Waals surface area contributed by atoms with Gasteiger partial charge in [0.25, 0.3) is 0 Å². The van der Waals surface area contributed by atoms with Gasteiger partial charge in [0.15, 0.2) is 0 Å². The van der Waals surface area contributed by atoms with Crippen molar-refractivity contribution >= 4 is 5.97 Å². The van der Waals surface area contributed by atoms with Crippen molar-refractivity contribution < 1.29 is 49.4 Å². The summed E-state index contributed by atoms with van der Waals surface area (Å²) >= 11 is 0. The van der Waals surface area contributed by atoms with Crippen molar-refractivity contribution in [3.05, 3.63) is 0 Å². The van der Waals surface area contributed by atoms with Crippen molar-refractivity contribution in [3.8, 4) is 0 Å². The van der Waals surface area contributed by atoms with E-state index in [0.29, 0.717) is 0 Å². The van der Waals surface area contributed by atoms with Gasteiger partial charge >= 0.3 is 29.9 Å². The number of alkyl halides is 9. The van der Waals surface area contributed by atoms with Gasteiger partial charge in [-0.2, -0.15) is 39.5 Å². The fraction of sp³-hybridized carbons (Fsp3) is 0.800. The Morgan fingerprint density at radius 1 is 0.750 bits per heavy atom. The predicted molar refractivity (Wildman–Crippen MR) is 28.5 cm³/mol. The molecule has 96 valence electrons. The summed E-state index contributed by atoms with van der Waals surface area (Å²) in [6, 6.07) is 0. The molecular weight excluding hydrogens is 266 g/mol. The lowest BCUT2D eigenvalue weighted by Crippen LogP contribution is -2.63. The smallest absolute Gasteiger partial charge is 0.460 e. The Morgan fingerprint density at radius 2 is 1.06 bits per heavy atom. The first-order valence-corrected chi connectivity index (χ1v) is 3.13. The number of hydrogen-bond donors (Lipinski definition) is 1. The van der Waals surface area contributed by atoms with Gasteiger partial charge in [-0.3, -0.25) is 0 Å². The summed E-state index contributed by atoms with van der Waals surface area (Å²) in [7, 11) is 0. The van der Waals surface area contributed by atoms with Gasteiger partial charge in [-0.15, -0.1) is 0 Å². The second kappa shape index (κ2) is 3.42. The summed E-state index contributed by atoms with van der Waals surface area (Å²) in [6.07, 6.45) is -7.00. The van der Waals surface area contributed by atoms with Crippen LogP contribution in [0.3, 0.4) is 0 Å². The van der Waals surface area contributed by atoms with Gasteiger partial charge in [-0.1, -0.05) is 0 Å². The number of aliphatic carboxylic acids is 1. The van der Waals surface area contributed by atoms with Crippen LogP contribution >= 0.6 is 0 Å². The number of carboxylic acid groups (broad SMARTS) is 1. The summed E-state index contributed by atoms with van der Waals surface area (Å²) in [4.78, 5) is 9.51. The van der Waals surface area contributed by atoms with Gasteiger partial charge in [0, 0.05) is 0 Å². The zero-order chi connectivity index (χ0) is 13.6. The molecule has 0 atom stereocenters. The van der Waals surface area contributed by atoms with Crippen LogP contribution in [0, 0.1) is 0 Å². The molecule has 2 nitrogen and oxygen atoms in total. The Kier molecular flexibility index (Phi) is 3.17. The first kappa shape index (κ1) is 14.8. The van der Waals surface area contributed by atoms with Crippen molar-refractivity contribution in [3.63, 3.8) is 0 Å². The maximum absolute atomic E-state index is 12.1. The molecule has 0 radical (unpaired) electrons. The van der Waals surface area contributed by atoms with Crippen LogP contribution in [-0.2, 0) is 4.79 Å². The molecular formula is C5HF9O2. The largest absolute Gasteiger partial charge is 0.477 e. The summed E-state index contributed by atoms with van der Waals surface area (Å²) in [5.74, 6) is -24.6. The van der Waals surface area contributed by atoms with Gasteiger partial charge in [-0.25, -0.2) is 4.79 Å². The minimum Gasteiger partial charge on any atom is -0.477 e. The monoisotopic (exact) mass is 267 g/mol. The SMILES string of the molecule is O=C(O)C(F)(F)[13C](F)(F)[13C](F)(F)[13C](F)(F)F. The van der Waals surface area contributed by atoms with Crippen LogP contribution in [0.25, 0.3) is 0 Å². The second-order valence-electron chi connectivity index (χ2n) is 2.53.